The Kier molecular flexibility index (Phi) is 8.95. The number of amides is 3. The van der Waals surface area contributed by atoms with Crippen LogP contribution in [0, 0.1) is 17.8 Å². The normalized spacial score (nSPS) is 29.4. The zero-order valence-electron chi connectivity index (χ0n) is 23.6. The van der Waals surface area contributed by atoms with Crippen LogP contribution in [0.1, 0.15) is 67.2 Å². The number of likely N-dealkylation sites (tertiary alicyclic amines) is 1. The summed E-state index contributed by atoms with van der Waals surface area (Å²) >= 11 is 0. The van der Waals surface area contributed by atoms with E-state index in [2.05, 4.69) is 13.2 Å². The van der Waals surface area contributed by atoms with Crippen LogP contribution >= 0.6 is 0 Å². The van der Waals surface area contributed by atoms with E-state index in [-0.39, 0.29) is 30.2 Å². The second-order valence-corrected chi connectivity index (χ2v) is 12.2. The molecule has 0 radical (unpaired) electrons. The molecule has 0 aromatic heterocycles. The highest BCUT2D eigenvalue weighted by molar-refractivity contribution is 5.99. The summed E-state index contributed by atoms with van der Waals surface area (Å²) in [4.78, 5) is 47.6. The average Bonchev–Trinajstić information content (AvgIpc) is 3.46. The number of carbonyl (C=O) groups excluding carboxylic acids is 3. The maximum atomic E-state index is 14.4. The number of hydrogen-bond donors (Lipinski definition) is 1. The third-order valence-electron chi connectivity index (χ3n) is 8.15. The van der Waals surface area contributed by atoms with Gasteiger partial charge in [-0.25, -0.2) is 0 Å². The number of aliphatic hydroxyl groups is 1. The maximum Gasteiger partial charge on any atom is 0.249 e. The first kappa shape index (κ1) is 29.4. The Balaban J connectivity index is 2.13. The predicted octanol–water partition coefficient (Wildman–Crippen LogP) is 3.01. The molecule has 3 aliphatic rings. The van der Waals surface area contributed by atoms with Gasteiger partial charge in [-0.15, -0.1) is 13.2 Å². The molecule has 3 aliphatic heterocycles. The third kappa shape index (κ3) is 5.11. The molecule has 1 N–H and O–H groups in total. The van der Waals surface area contributed by atoms with Crippen molar-refractivity contribution in [2.75, 3.05) is 26.2 Å². The van der Waals surface area contributed by atoms with Crippen molar-refractivity contribution in [3.8, 4) is 0 Å². The van der Waals surface area contributed by atoms with Gasteiger partial charge in [0.25, 0.3) is 0 Å². The Labute approximate surface area is 222 Å². The van der Waals surface area contributed by atoms with Crippen molar-refractivity contribution < 1.29 is 24.2 Å². The second kappa shape index (κ2) is 11.3. The molecule has 208 valence electrons. The van der Waals surface area contributed by atoms with Gasteiger partial charge >= 0.3 is 0 Å². The zero-order chi connectivity index (χ0) is 27.7. The largest absolute Gasteiger partial charge is 0.394 e. The van der Waals surface area contributed by atoms with E-state index < -0.39 is 41.2 Å². The van der Waals surface area contributed by atoms with Crippen molar-refractivity contribution in [3.05, 3.63) is 25.3 Å². The van der Waals surface area contributed by atoms with Crippen LogP contribution < -0.4 is 0 Å². The topological polar surface area (TPSA) is 90.4 Å². The van der Waals surface area contributed by atoms with Crippen LogP contribution in [-0.2, 0) is 19.1 Å². The standard InChI is InChI=1S/C29H47N3O5/c1-9-14-30(15-10-2)25(34)22-21-12-13-29(37-21)23(22)26(35)32(20(18-33)17-19(4)5)24(29)27(36)31(16-11-3)28(6,7)8/h9,11,19-24,33H,1,3,10,12-18H2,2,4-8H3/t20-,21-,22+,23+,24?,29?/m1/s1. The van der Waals surface area contributed by atoms with E-state index in [0.29, 0.717) is 38.9 Å². The molecule has 3 amide bonds. The molecule has 3 rings (SSSR count). The summed E-state index contributed by atoms with van der Waals surface area (Å²) in [6, 6.07) is -1.44. The first-order valence-corrected chi connectivity index (χ1v) is 13.8. The lowest BCUT2D eigenvalue weighted by molar-refractivity contribution is -0.155. The molecule has 3 fully saturated rings. The van der Waals surface area contributed by atoms with Gasteiger partial charge in [-0.1, -0.05) is 32.9 Å². The van der Waals surface area contributed by atoms with E-state index in [9.17, 15) is 19.5 Å². The molecule has 6 atom stereocenters. The van der Waals surface area contributed by atoms with Crippen LogP contribution in [0.25, 0.3) is 0 Å². The Morgan fingerprint density at radius 1 is 1.22 bits per heavy atom. The molecule has 2 bridgehead atoms. The van der Waals surface area contributed by atoms with Gasteiger partial charge in [-0.2, -0.15) is 0 Å². The molecule has 3 heterocycles. The highest BCUT2D eigenvalue weighted by Gasteiger charge is 2.75. The fourth-order valence-electron chi connectivity index (χ4n) is 6.76. The van der Waals surface area contributed by atoms with E-state index in [1.807, 2.05) is 41.5 Å². The van der Waals surface area contributed by atoms with Gasteiger partial charge in [-0.05, 0) is 52.4 Å². The molecular formula is C29H47N3O5. The Hall–Kier alpha value is -2.19. The highest BCUT2D eigenvalue weighted by atomic mass is 16.5. The first-order chi connectivity index (χ1) is 17.4. The fraction of sp³-hybridized carbons (Fsp3) is 0.759. The van der Waals surface area contributed by atoms with Crippen molar-refractivity contribution in [2.45, 2.75) is 96.6 Å². The number of ether oxygens (including phenoxy) is 1. The second-order valence-electron chi connectivity index (χ2n) is 12.2. The number of carbonyl (C=O) groups is 3. The van der Waals surface area contributed by atoms with Crippen molar-refractivity contribution in [3.63, 3.8) is 0 Å². The molecule has 8 heteroatoms. The van der Waals surface area contributed by atoms with Crippen LogP contribution in [0.5, 0.6) is 0 Å². The van der Waals surface area contributed by atoms with Crippen molar-refractivity contribution in [2.24, 2.45) is 17.8 Å². The molecule has 0 saturated carbocycles. The lowest BCUT2D eigenvalue weighted by atomic mass is 9.70. The van der Waals surface area contributed by atoms with E-state index in [1.54, 1.807) is 26.9 Å². The van der Waals surface area contributed by atoms with Gasteiger partial charge in [0, 0.05) is 25.2 Å². The quantitative estimate of drug-likeness (QED) is 0.402. The van der Waals surface area contributed by atoms with Gasteiger partial charge in [-0.3, -0.25) is 14.4 Å². The molecule has 0 aliphatic carbocycles. The number of fused-ring (bicyclic) bond motifs is 1. The van der Waals surface area contributed by atoms with Crippen LogP contribution in [0.4, 0.5) is 0 Å². The minimum absolute atomic E-state index is 0.108. The lowest BCUT2D eigenvalue weighted by Gasteiger charge is -2.43. The minimum atomic E-state index is -1.08. The monoisotopic (exact) mass is 517 g/mol. The van der Waals surface area contributed by atoms with E-state index in [1.165, 1.54) is 0 Å². The van der Waals surface area contributed by atoms with Crippen molar-refractivity contribution in [1.29, 1.82) is 0 Å². The molecule has 3 saturated heterocycles. The van der Waals surface area contributed by atoms with Gasteiger partial charge in [0.2, 0.25) is 17.7 Å². The number of hydrogen-bond acceptors (Lipinski definition) is 5. The lowest BCUT2D eigenvalue weighted by Crippen LogP contribution is -2.61. The summed E-state index contributed by atoms with van der Waals surface area (Å²) in [5.74, 6) is -1.76. The smallest absolute Gasteiger partial charge is 0.249 e. The number of nitrogens with zero attached hydrogens (tertiary/aromatic N) is 3. The fourth-order valence-corrected chi connectivity index (χ4v) is 6.76. The minimum Gasteiger partial charge on any atom is -0.394 e. The molecule has 0 aromatic carbocycles. The molecule has 1 spiro atoms. The Morgan fingerprint density at radius 2 is 1.86 bits per heavy atom. The maximum absolute atomic E-state index is 14.4. The third-order valence-corrected chi connectivity index (χ3v) is 8.15. The summed E-state index contributed by atoms with van der Waals surface area (Å²) in [5.41, 5.74) is -1.60. The highest BCUT2D eigenvalue weighted by Crippen LogP contribution is 2.59. The van der Waals surface area contributed by atoms with E-state index >= 15 is 0 Å². The van der Waals surface area contributed by atoms with Crippen molar-refractivity contribution in [1.82, 2.24) is 14.7 Å². The Morgan fingerprint density at radius 3 is 2.38 bits per heavy atom. The molecule has 37 heavy (non-hydrogen) atoms. The SMILES string of the molecule is C=CCN(CCC)C(=O)[C@@H]1[C@H]2C(=O)N([C@@H](CO)CC(C)C)C(C(=O)N(CC=C)C(C)(C)C)C23CC[C@H]1O3. The van der Waals surface area contributed by atoms with Crippen LogP contribution in [0.3, 0.4) is 0 Å². The van der Waals surface area contributed by atoms with Gasteiger partial charge in [0.15, 0.2) is 0 Å². The summed E-state index contributed by atoms with van der Waals surface area (Å²) < 4.78 is 6.61. The zero-order valence-corrected chi connectivity index (χ0v) is 23.6. The van der Waals surface area contributed by atoms with Gasteiger partial charge in [0.1, 0.15) is 11.6 Å². The van der Waals surface area contributed by atoms with E-state index in [0.717, 1.165) is 6.42 Å². The summed E-state index contributed by atoms with van der Waals surface area (Å²) in [7, 11) is 0. The molecule has 2 unspecified atom stereocenters. The Bertz CT molecular complexity index is 896. The number of rotatable bonds is 12. The first-order valence-electron chi connectivity index (χ1n) is 13.8. The van der Waals surface area contributed by atoms with E-state index in [4.69, 9.17) is 4.74 Å². The predicted molar refractivity (Wildman–Crippen MR) is 144 cm³/mol. The summed E-state index contributed by atoms with van der Waals surface area (Å²) in [6.07, 6.45) is 5.48. The number of aliphatic hydroxyl groups excluding tert-OH is 1. The van der Waals surface area contributed by atoms with Crippen molar-refractivity contribution >= 4 is 17.7 Å². The molecule has 0 aromatic rings. The van der Waals surface area contributed by atoms with Crippen LogP contribution in [0.15, 0.2) is 25.3 Å². The van der Waals surface area contributed by atoms with Crippen LogP contribution in [0.2, 0.25) is 0 Å². The van der Waals surface area contributed by atoms with Gasteiger partial charge < -0.3 is 24.5 Å². The van der Waals surface area contributed by atoms with Crippen LogP contribution in [-0.4, -0.2) is 93.1 Å². The molecule has 8 nitrogen and oxygen atoms in total. The summed E-state index contributed by atoms with van der Waals surface area (Å²) in [5, 5.41) is 10.4. The average molecular weight is 518 g/mol. The summed E-state index contributed by atoms with van der Waals surface area (Å²) in [6.45, 7) is 20.6. The van der Waals surface area contributed by atoms with Gasteiger partial charge in [0.05, 0.1) is 30.6 Å². The molecular weight excluding hydrogens is 470 g/mol.